The summed E-state index contributed by atoms with van der Waals surface area (Å²) in [6.45, 7) is 24.5. The molecule has 0 saturated heterocycles. The highest BCUT2D eigenvalue weighted by Gasteiger charge is 2.67. The van der Waals surface area contributed by atoms with E-state index in [1.807, 2.05) is 0 Å². The van der Waals surface area contributed by atoms with Crippen molar-refractivity contribution in [2.75, 3.05) is 0 Å². The minimum absolute atomic E-state index is 0.273. The Morgan fingerprint density at radius 1 is 0.647 bits per heavy atom. The molecule has 1 heteroatoms. The fourth-order valence-corrected chi connectivity index (χ4v) is 4.87. The summed E-state index contributed by atoms with van der Waals surface area (Å²) in [6.07, 6.45) is 0. The Balaban J connectivity index is 3.56. The molecule has 0 aliphatic heterocycles. The van der Waals surface area contributed by atoms with Crippen LogP contribution in [0.4, 0.5) is 0 Å². The van der Waals surface area contributed by atoms with Crippen molar-refractivity contribution in [3.05, 3.63) is 0 Å². The molecule has 1 fully saturated rings. The molecule has 0 heterocycles. The van der Waals surface area contributed by atoms with Crippen molar-refractivity contribution in [1.29, 1.82) is 0 Å². The summed E-state index contributed by atoms with van der Waals surface area (Å²) in [5.74, 6) is 0.679. The quantitative estimate of drug-likeness (QED) is 0.511. The summed E-state index contributed by atoms with van der Waals surface area (Å²) in [5.41, 5.74) is 1.25. The van der Waals surface area contributed by atoms with E-state index < -0.39 is 0 Å². The molecule has 1 aliphatic rings. The molecule has 0 spiro atoms. The van der Waals surface area contributed by atoms with Gasteiger partial charge in [0, 0.05) is 0 Å². The van der Waals surface area contributed by atoms with Gasteiger partial charge in [0.15, 0.2) is 0 Å². The van der Waals surface area contributed by atoms with Gasteiger partial charge in [-0.15, -0.1) is 9.24 Å². The fraction of sp³-hybridized carbons (Fsp3) is 1.00. The van der Waals surface area contributed by atoms with E-state index in [1.165, 1.54) is 0 Å². The third-order valence-electron chi connectivity index (χ3n) is 8.06. The zero-order chi connectivity index (χ0) is 14.1. The van der Waals surface area contributed by atoms with Crippen LogP contribution in [-0.4, -0.2) is 5.16 Å². The van der Waals surface area contributed by atoms with E-state index in [9.17, 15) is 0 Å². The number of rotatable bonds is 0. The number of hydrogen-bond acceptors (Lipinski definition) is 0. The fourth-order valence-electron chi connectivity index (χ4n) is 4.09. The van der Waals surface area contributed by atoms with E-state index in [1.54, 1.807) is 0 Å². The lowest BCUT2D eigenvalue weighted by atomic mass is 9.36. The van der Waals surface area contributed by atoms with Gasteiger partial charge in [-0.05, 0) is 32.7 Å². The monoisotopic (exact) mass is 256 g/mol. The molecule has 0 bridgehead atoms. The Morgan fingerprint density at radius 2 is 1.00 bits per heavy atom. The van der Waals surface area contributed by atoms with Crippen molar-refractivity contribution in [2.24, 2.45) is 27.6 Å². The van der Waals surface area contributed by atoms with Gasteiger partial charge in [0.05, 0.1) is 0 Å². The van der Waals surface area contributed by atoms with Crippen molar-refractivity contribution in [2.45, 2.75) is 74.4 Å². The van der Waals surface area contributed by atoms with Crippen molar-refractivity contribution < 1.29 is 0 Å². The Morgan fingerprint density at radius 3 is 1.35 bits per heavy atom. The molecule has 1 saturated carbocycles. The smallest absolute Gasteiger partial charge is 0.00913 e. The highest BCUT2D eigenvalue weighted by molar-refractivity contribution is 7.19. The summed E-state index contributed by atoms with van der Waals surface area (Å²) in [5, 5.41) is 0.273. The van der Waals surface area contributed by atoms with Crippen LogP contribution in [0.1, 0.15) is 69.2 Å². The molecule has 0 amide bonds. The van der Waals surface area contributed by atoms with E-state index >= 15 is 0 Å². The van der Waals surface area contributed by atoms with E-state index in [0.29, 0.717) is 27.6 Å². The molecule has 0 aromatic rings. The molecular formula is C16H33P. The second-order valence-electron chi connectivity index (χ2n) is 8.60. The molecule has 0 N–H and O–H groups in total. The highest BCUT2D eigenvalue weighted by Crippen LogP contribution is 2.73. The van der Waals surface area contributed by atoms with Gasteiger partial charge in [0.2, 0.25) is 0 Å². The summed E-state index contributed by atoms with van der Waals surface area (Å²) in [7, 11) is 3.19. The Labute approximate surface area is 112 Å². The second kappa shape index (κ2) is 3.50. The van der Waals surface area contributed by atoms with Gasteiger partial charge in [0.25, 0.3) is 0 Å². The maximum absolute atomic E-state index is 3.19. The van der Waals surface area contributed by atoms with E-state index in [0.717, 1.165) is 0 Å². The first-order valence-corrected chi connectivity index (χ1v) is 7.52. The van der Waals surface area contributed by atoms with Gasteiger partial charge in [-0.2, -0.15) is 0 Å². The summed E-state index contributed by atoms with van der Waals surface area (Å²) in [6, 6.07) is 0. The van der Waals surface area contributed by atoms with Crippen LogP contribution in [0.25, 0.3) is 0 Å². The van der Waals surface area contributed by atoms with Crippen molar-refractivity contribution in [1.82, 2.24) is 0 Å². The van der Waals surface area contributed by atoms with Crippen LogP contribution in [0, 0.1) is 27.6 Å². The minimum atomic E-state index is 0.273. The lowest BCUT2D eigenvalue weighted by Gasteiger charge is -2.72. The lowest BCUT2D eigenvalue weighted by molar-refractivity contribution is -0.191. The van der Waals surface area contributed by atoms with Crippen LogP contribution < -0.4 is 0 Å². The standard InChI is InChI=1S/C16H33P/c1-11-12(2,3)13(4,5)14(6,7)15(8,9)16(11,10)17/h11H,17H2,1-10H3. The largest absolute Gasteiger partial charge is 0.131 e. The van der Waals surface area contributed by atoms with Gasteiger partial charge in [-0.3, -0.25) is 0 Å². The van der Waals surface area contributed by atoms with Crippen LogP contribution >= 0.6 is 9.24 Å². The molecule has 0 aromatic heterocycles. The summed E-state index contributed by atoms with van der Waals surface area (Å²) >= 11 is 0. The van der Waals surface area contributed by atoms with E-state index in [2.05, 4.69) is 78.5 Å². The molecule has 0 nitrogen and oxygen atoms in total. The van der Waals surface area contributed by atoms with Crippen molar-refractivity contribution >= 4 is 9.24 Å². The lowest BCUT2D eigenvalue weighted by Crippen LogP contribution is -2.68. The first-order chi connectivity index (χ1) is 7.15. The molecule has 0 radical (unpaired) electrons. The van der Waals surface area contributed by atoms with E-state index in [-0.39, 0.29) is 5.16 Å². The van der Waals surface area contributed by atoms with Crippen LogP contribution in [0.15, 0.2) is 0 Å². The zero-order valence-corrected chi connectivity index (χ0v) is 14.8. The van der Waals surface area contributed by atoms with Gasteiger partial charge in [-0.1, -0.05) is 69.2 Å². The maximum atomic E-state index is 3.19. The van der Waals surface area contributed by atoms with Crippen LogP contribution in [0.5, 0.6) is 0 Å². The third-order valence-corrected chi connectivity index (χ3v) is 9.29. The van der Waals surface area contributed by atoms with Crippen LogP contribution in [0.2, 0.25) is 0 Å². The molecular weight excluding hydrogens is 223 g/mol. The Bertz CT molecular complexity index is 288. The topological polar surface area (TPSA) is 0 Å². The van der Waals surface area contributed by atoms with Gasteiger partial charge >= 0.3 is 0 Å². The first-order valence-electron chi connectivity index (χ1n) is 6.94. The summed E-state index contributed by atoms with van der Waals surface area (Å²) < 4.78 is 0. The normalized spacial score (nSPS) is 42.2. The van der Waals surface area contributed by atoms with Gasteiger partial charge in [-0.25, -0.2) is 0 Å². The van der Waals surface area contributed by atoms with Gasteiger partial charge < -0.3 is 0 Å². The van der Waals surface area contributed by atoms with Crippen molar-refractivity contribution in [3.63, 3.8) is 0 Å². The Kier molecular flexibility index (Phi) is 3.19. The average molecular weight is 256 g/mol. The molecule has 17 heavy (non-hydrogen) atoms. The molecule has 1 aliphatic carbocycles. The van der Waals surface area contributed by atoms with Crippen molar-refractivity contribution in [3.8, 4) is 0 Å². The molecule has 0 aromatic carbocycles. The highest BCUT2D eigenvalue weighted by atomic mass is 31.0. The molecule has 3 atom stereocenters. The minimum Gasteiger partial charge on any atom is -0.131 e. The molecule has 102 valence electrons. The Hall–Kier alpha value is 0.430. The first kappa shape index (κ1) is 15.5. The summed E-state index contributed by atoms with van der Waals surface area (Å²) in [4.78, 5) is 0. The SMILES string of the molecule is CC1C(C)(C)C(C)(C)C(C)(C)C(C)(C)C1(C)P. The zero-order valence-electron chi connectivity index (χ0n) is 13.7. The average Bonchev–Trinajstić information content (AvgIpc) is 2.13. The second-order valence-corrected chi connectivity index (χ2v) is 9.80. The third kappa shape index (κ3) is 1.46. The number of hydrogen-bond donors (Lipinski definition) is 0. The van der Waals surface area contributed by atoms with E-state index in [4.69, 9.17) is 0 Å². The maximum Gasteiger partial charge on any atom is -0.00913 e. The van der Waals surface area contributed by atoms with Crippen LogP contribution in [0.3, 0.4) is 0 Å². The predicted molar refractivity (Wildman–Crippen MR) is 82.4 cm³/mol. The molecule has 1 rings (SSSR count). The van der Waals surface area contributed by atoms with Crippen LogP contribution in [-0.2, 0) is 0 Å². The molecule has 3 unspecified atom stereocenters. The predicted octanol–water partition coefficient (Wildman–Crippen LogP) is 5.37. The van der Waals surface area contributed by atoms with Gasteiger partial charge in [0.1, 0.15) is 0 Å².